The number of amides is 1. The molecule has 0 unspecified atom stereocenters. The molecule has 0 aliphatic heterocycles. The first kappa shape index (κ1) is 11.7. The first-order valence-electron chi connectivity index (χ1n) is 4.19. The van der Waals surface area contributed by atoms with Crippen molar-refractivity contribution in [1.29, 1.82) is 0 Å². The highest BCUT2D eigenvalue weighted by atomic mass is 127. The van der Waals surface area contributed by atoms with Crippen LogP contribution in [-0.4, -0.2) is 16.1 Å². The first-order chi connectivity index (χ1) is 7.66. The van der Waals surface area contributed by atoms with Crippen molar-refractivity contribution in [3.05, 3.63) is 37.9 Å². The molecular weight excluding hydrogens is 361 g/mol. The highest BCUT2D eigenvalue weighted by Crippen LogP contribution is 2.20. The molecule has 2 rings (SSSR count). The number of nitrogens with one attached hydrogen (secondary N) is 1. The molecule has 0 saturated carbocycles. The minimum absolute atomic E-state index is 0.241. The van der Waals surface area contributed by atoms with Crippen LogP contribution in [0.3, 0.4) is 0 Å². The van der Waals surface area contributed by atoms with Crippen molar-refractivity contribution in [2.24, 2.45) is 0 Å². The molecule has 2 aromatic rings. The zero-order valence-electron chi connectivity index (χ0n) is 7.78. The molecule has 0 aliphatic rings. The Kier molecular flexibility index (Phi) is 3.72. The SMILES string of the molecule is O=C(Nc1nncs1)c1ccc(I)c(Cl)c1. The average molecular weight is 366 g/mol. The molecule has 1 aromatic carbocycles. The molecule has 1 heterocycles. The summed E-state index contributed by atoms with van der Waals surface area (Å²) in [6, 6.07) is 5.13. The number of rotatable bonds is 2. The van der Waals surface area contributed by atoms with Gasteiger partial charge in [-0.15, -0.1) is 10.2 Å². The predicted octanol–water partition coefficient (Wildman–Crippen LogP) is 3.05. The summed E-state index contributed by atoms with van der Waals surface area (Å²) in [5.41, 5.74) is 2.05. The maximum absolute atomic E-state index is 11.7. The van der Waals surface area contributed by atoms with Crippen LogP contribution >= 0.6 is 45.5 Å². The van der Waals surface area contributed by atoms with Crippen molar-refractivity contribution >= 4 is 56.6 Å². The van der Waals surface area contributed by atoms with E-state index in [4.69, 9.17) is 11.6 Å². The van der Waals surface area contributed by atoms with E-state index in [1.165, 1.54) is 11.3 Å². The van der Waals surface area contributed by atoms with Crippen LogP contribution in [0, 0.1) is 3.57 Å². The fourth-order valence-electron chi connectivity index (χ4n) is 1.03. The third-order valence-corrected chi connectivity index (χ3v) is 3.94. The minimum Gasteiger partial charge on any atom is -0.296 e. The second kappa shape index (κ2) is 5.07. The van der Waals surface area contributed by atoms with Gasteiger partial charge in [-0.05, 0) is 40.8 Å². The van der Waals surface area contributed by atoms with Gasteiger partial charge >= 0.3 is 0 Å². The Morgan fingerprint density at radius 2 is 2.31 bits per heavy atom. The molecule has 0 saturated heterocycles. The predicted molar refractivity (Wildman–Crippen MR) is 72.0 cm³/mol. The molecule has 82 valence electrons. The normalized spacial score (nSPS) is 10.1. The Hall–Kier alpha value is -0.730. The van der Waals surface area contributed by atoms with E-state index in [-0.39, 0.29) is 5.91 Å². The van der Waals surface area contributed by atoms with Gasteiger partial charge in [0.05, 0.1) is 5.02 Å². The highest BCUT2D eigenvalue weighted by Gasteiger charge is 2.09. The second-order valence-corrected chi connectivity index (χ2v) is 5.23. The van der Waals surface area contributed by atoms with Crippen molar-refractivity contribution in [3.63, 3.8) is 0 Å². The van der Waals surface area contributed by atoms with Gasteiger partial charge < -0.3 is 0 Å². The standard InChI is InChI=1S/C9H5ClIN3OS/c10-6-3-5(1-2-7(6)11)8(15)13-9-14-12-4-16-9/h1-4H,(H,13,14,15). The molecule has 7 heteroatoms. The molecule has 1 N–H and O–H groups in total. The van der Waals surface area contributed by atoms with Gasteiger partial charge in [-0.2, -0.15) is 0 Å². The van der Waals surface area contributed by atoms with Crippen LogP contribution in [0.2, 0.25) is 5.02 Å². The number of benzene rings is 1. The molecule has 1 amide bonds. The van der Waals surface area contributed by atoms with Crippen LogP contribution in [0.15, 0.2) is 23.7 Å². The van der Waals surface area contributed by atoms with Gasteiger partial charge in [-0.25, -0.2) is 0 Å². The summed E-state index contributed by atoms with van der Waals surface area (Å²) in [6.45, 7) is 0. The fourth-order valence-corrected chi connectivity index (χ4v) is 1.99. The molecule has 0 fully saturated rings. The summed E-state index contributed by atoms with van der Waals surface area (Å²) in [6.07, 6.45) is 0. The highest BCUT2D eigenvalue weighted by molar-refractivity contribution is 14.1. The minimum atomic E-state index is -0.241. The van der Waals surface area contributed by atoms with Crippen LogP contribution in [-0.2, 0) is 0 Å². The topological polar surface area (TPSA) is 54.9 Å². The number of aromatic nitrogens is 2. The molecular formula is C9H5ClIN3OS. The van der Waals surface area contributed by atoms with Gasteiger partial charge in [0.1, 0.15) is 5.51 Å². The summed E-state index contributed by atoms with van der Waals surface area (Å²) in [5, 5.41) is 11.0. The molecule has 0 spiro atoms. The van der Waals surface area contributed by atoms with Crippen LogP contribution in [0.5, 0.6) is 0 Å². The monoisotopic (exact) mass is 365 g/mol. The molecule has 0 radical (unpaired) electrons. The summed E-state index contributed by atoms with van der Waals surface area (Å²) in [7, 11) is 0. The first-order valence-corrected chi connectivity index (χ1v) is 6.53. The zero-order valence-corrected chi connectivity index (χ0v) is 11.5. The van der Waals surface area contributed by atoms with Gasteiger partial charge in [0.25, 0.3) is 5.91 Å². The lowest BCUT2D eigenvalue weighted by Crippen LogP contribution is -2.11. The van der Waals surface area contributed by atoms with Crippen LogP contribution in [0.25, 0.3) is 0 Å². The van der Waals surface area contributed by atoms with Crippen molar-refractivity contribution < 1.29 is 4.79 Å². The molecule has 0 atom stereocenters. The van der Waals surface area contributed by atoms with E-state index in [0.29, 0.717) is 15.7 Å². The third kappa shape index (κ3) is 2.69. The third-order valence-electron chi connectivity index (χ3n) is 1.76. The van der Waals surface area contributed by atoms with Crippen molar-refractivity contribution in [3.8, 4) is 0 Å². The van der Waals surface area contributed by atoms with Gasteiger partial charge in [-0.3, -0.25) is 10.1 Å². The average Bonchev–Trinajstić information content (AvgIpc) is 2.74. The Morgan fingerprint density at radius 3 is 2.94 bits per heavy atom. The second-order valence-electron chi connectivity index (χ2n) is 2.83. The van der Waals surface area contributed by atoms with E-state index in [1.54, 1.807) is 23.7 Å². The van der Waals surface area contributed by atoms with E-state index in [2.05, 4.69) is 38.1 Å². The zero-order chi connectivity index (χ0) is 11.5. The quantitative estimate of drug-likeness (QED) is 0.832. The number of hydrogen-bond acceptors (Lipinski definition) is 4. The van der Waals surface area contributed by atoms with E-state index in [0.717, 1.165) is 3.57 Å². The van der Waals surface area contributed by atoms with Crippen molar-refractivity contribution in [1.82, 2.24) is 10.2 Å². The number of hydrogen-bond donors (Lipinski definition) is 1. The van der Waals surface area contributed by atoms with Crippen molar-refractivity contribution in [2.75, 3.05) is 5.32 Å². The molecule has 0 aliphatic carbocycles. The Morgan fingerprint density at radius 1 is 1.50 bits per heavy atom. The Balaban J connectivity index is 2.18. The Bertz CT molecular complexity index is 517. The molecule has 16 heavy (non-hydrogen) atoms. The Labute approximate surface area is 114 Å². The largest absolute Gasteiger partial charge is 0.296 e. The van der Waals surface area contributed by atoms with E-state index in [9.17, 15) is 4.79 Å². The number of carbonyl (C=O) groups is 1. The molecule has 1 aromatic heterocycles. The summed E-state index contributed by atoms with van der Waals surface area (Å²) >= 11 is 9.29. The van der Waals surface area contributed by atoms with E-state index < -0.39 is 0 Å². The fraction of sp³-hybridized carbons (Fsp3) is 0. The van der Waals surface area contributed by atoms with Crippen LogP contribution in [0.4, 0.5) is 5.13 Å². The summed E-state index contributed by atoms with van der Waals surface area (Å²) < 4.78 is 0.909. The number of anilines is 1. The maximum Gasteiger partial charge on any atom is 0.257 e. The smallest absolute Gasteiger partial charge is 0.257 e. The van der Waals surface area contributed by atoms with Crippen LogP contribution in [0.1, 0.15) is 10.4 Å². The molecule has 0 bridgehead atoms. The van der Waals surface area contributed by atoms with Gasteiger partial charge in [0, 0.05) is 9.13 Å². The van der Waals surface area contributed by atoms with Gasteiger partial charge in [0.15, 0.2) is 0 Å². The van der Waals surface area contributed by atoms with Crippen molar-refractivity contribution in [2.45, 2.75) is 0 Å². The van der Waals surface area contributed by atoms with Gasteiger partial charge in [0.2, 0.25) is 5.13 Å². The molecule has 4 nitrogen and oxygen atoms in total. The van der Waals surface area contributed by atoms with E-state index in [1.807, 2.05) is 0 Å². The number of nitrogens with zero attached hydrogens (tertiary/aromatic N) is 2. The number of halogens is 2. The summed E-state index contributed by atoms with van der Waals surface area (Å²) in [4.78, 5) is 11.7. The number of carbonyl (C=O) groups excluding carboxylic acids is 1. The van der Waals surface area contributed by atoms with Gasteiger partial charge in [-0.1, -0.05) is 22.9 Å². The lowest BCUT2D eigenvalue weighted by molar-refractivity contribution is 0.102. The van der Waals surface area contributed by atoms with Crippen LogP contribution < -0.4 is 5.32 Å². The van der Waals surface area contributed by atoms with E-state index >= 15 is 0 Å². The maximum atomic E-state index is 11.7. The summed E-state index contributed by atoms with van der Waals surface area (Å²) in [5.74, 6) is -0.241. The lowest BCUT2D eigenvalue weighted by atomic mass is 10.2. The lowest BCUT2D eigenvalue weighted by Gasteiger charge is -2.02.